The van der Waals surface area contributed by atoms with E-state index in [0.29, 0.717) is 42.7 Å². The molecule has 1 aromatic carbocycles. The average Bonchev–Trinajstić information content (AvgIpc) is 2.50. The summed E-state index contributed by atoms with van der Waals surface area (Å²) in [5.74, 6) is -1.50. The summed E-state index contributed by atoms with van der Waals surface area (Å²) in [7, 11) is 0. The van der Waals surface area contributed by atoms with Crippen LogP contribution in [0.4, 0.5) is 4.39 Å². The smallest absolute Gasteiger partial charge is 0.303 e. The predicted molar refractivity (Wildman–Crippen MR) is 82.9 cm³/mol. The topological polar surface area (TPSA) is 75.6 Å². The zero-order chi connectivity index (χ0) is 17.0. The predicted octanol–water partition coefficient (Wildman–Crippen LogP) is 2.44. The molecule has 126 valence electrons. The molecule has 5 nitrogen and oxygen atoms in total. The first-order chi connectivity index (χ1) is 10.8. The quantitative estimate of drug-likeness (QED) is 0.873. The number of aliphatic carboxylic acids is 1. The number of halogens is 1. The fourth-order valence-electron chi connectivity index (χ4n) is 2.99. The molecule has 0 saturated carbocycles. The summed E-state index contributed by atoms with van der Waals surface area (Å²) < 4.78 is 18.9. The largest absolute Gasteiger partial charge is 0.481 e. The maximum Gasteiger partial charge on any atom is 0.303 e. The molecule has 0 unspecified atom stereocenters. The van der Waals surface area contributed by atoms with E-state index in [1.54, 1.807) is 13.8 Å². The molecule has 0 radical (unpaired) electrons. The van der Waals surface area contributed by atoms with E-state index in [0.717, 1.165) is 0 Å². The lowest BCUT2D eigenvalue weighted by Gasteiger charge is -2.36. The van der Waals surface area contributed by atoms with Gasteiger partial charge in [0.1, 0.15) is 5.82 Å². The Morgan fingerprint density at radius 3 is 2.35 bits per heavy atom. The first-order valence-electron chi connectivity index (χ1n) is 7.67. The van der Waals surface area contributed by atoms with E-state index < -0.39 is 11.4 Å². The Kier molecular flexibility index (Phi) is 5.36. The minimum Gasteiger partial charge on any atom is -0.481 e. The molecule has 0 aliphatic carbocycles. The average molecular weight is 323 g/mol. The molecule has 2 rings (SSSR count). The van der Waals surface area contributed by atoms with E-state index >= 15 is 0 Å². The minimum atomic E-state index is -0.880. The second-order valence-electron chi connectivity index (χ2n) is 6.29. The first-order valence-corrected chi connectivity index (χ1v) is 7.67. The van der Waals surface area contributed by atoms with Gasteiger partial charge < -0.3 is 15.2 Å². The molecule has 6 heteroatoms. The number of benzene rings is 1. The number of carbonyl (C=O) groups excluding carboxylic acids is 1. The van der Waals surface area contributed by atoms with Gasteiger partial charge in [0.2, 0.25) is 0 Å². The molecule has 1 saturated heterocycles. The summed E-state index contributed by atoms with van der Waals surface area (Å²) in [4.78, 5) is 23.4. The van der Waals surface area contributed by atoms with Gasteiger partial charge in [-0.1, -0.05) is 0 Å². The second kappa shape index (κ2) is 7.08. The summed E-state index contributed by atoms with van der Waals surface area (Å²) >= 11 is 0. The minimum absolute atomic E-state index is 0.00187. The summed E-state index contributed by atoms with van der Waals surface area (Å²) in [6, 6.07) is 3.01. The van der Waals surface area contributed by atoms with Crippen LogP contribution in [0.3, 0.4) is 0 Å². The van der Waals surface area contributed by atoms with Crippen LogP contribution in [0.15, 0.2) is 12.1 Å². The van der Waals surface area contributed by atoms with Gasteiger partial charge in [-0.05, 0) is 49.9 Å². The Morgan fingerprint density at radius 1 is 1.26 bits per heavy atom. The number of amides is 1. The van der Waals surface area contributed by atoms with Gasteiger partial charge in [0.25, 0.3) is 5.91 Å². The lowest BCUT2D eigenvalue weighted by atomic mass is 9.77. The van der Waals surface area contributed by atoms with Crippen molar-refractivity contribution in [1.29, 1.82) is 0 Å². The van der Waals surface area contributed by atoms with Gasteiger partial charge in [0.05, 0.1) is 6.42 Å². The highest BCUT2D eigenvalue weighted by molar-refractivity contribution is 5.94. The number of carbonyl (C=O) groups is 2. The molecular weight excluding hydrogens is 301 g/mol. The summed E-state index contributed by atoms with van der Waals surface area (Å²) in [5.41, 5.74) is 0.742. The van der Waals surface area contributed by atoms with E-state index in [2.05, 4.69) is 5.32 Å². The van der Waals surface area contributed by atoms with Crippen molar-refractivity contribution in [2.45, 2.75) is 33.1 Å². The maximum absolute atomic E-state index is 13.6. The molecule has 1 aliphatic rings. The van der Waals surface area contributed by atoms with Gasteiger partial charge in [0, 0.05) is 30.7 Å². The van der Waals surface area contributed by atoms with Crippen LogP contribution in [0, 0.1) is 25.1 Å². The Balaban J connectivity index is 2.08. The van der Waals surface area contributed by atoms with Crippen molar-refractivity contribution in [2.24, 2.45) is 5.41 Å². The van der Waals surface area contributed by atoms with Gasteiger partial charge in [0.15, 0.2) is 0 Å². The number of hydrogen-bond acceptors (Lipinski definition) is 3. The molecule has 1 amide bonds. The van der Waals surface area contributed by atoms with Crippen LogP contribution >= 0.6 is 0 Å². The molecule has 2 N–H and O–H groups in total. The van der Waals surface area contributed by atoms with E-state index in [1.807, 2.05) is 0 Å². The third kappa shape index (κ3) is 4.28. The molecule has 1 aromatic rings. The third-order valence-corrected chi connectivity index (χ3v) is 4.40. The summed E-state index contributed by atoms with van der Waals surface area (Å²) in [6.07, 6.45) is 1.19. The number of carboxylic acid groups (broad SMARTS) is 1. The molecule has 0 bridgehead atoms. The molecule has 23 heavy (non-hydrogen) atoms. The zero-order valence-electron chi connectivity index (χ0n) is 13.4. The first kappa shape index (κ1) is 17.4. The zero-order valence-corrected chi connectivity index (χ0v) is 13.4. The third-order valence-electron chi connectivity index (χ3n) is 4.40. The Morgan fingerprint density at radius 2 is 1.83 bits per heavy atom. The number of rotatable bonds is 5. The second-order valence-corrected chi connectivity index (χ2v) is 6.29. The van der Waals surface area contributed by atoms with Crippen molar-refractivity contribution in [1.82, 2.24) is 5.32 Å². The number of nitrogens with one attached hydrogen (secondary N) is 1. The van der Waals surface area contributed by atoms with E-state index in [1.165, 1.54) is 12.1 Å². The van der Waals surface area contributed by atoms with Crippen molar-refractivity contribution in [3.8, 4) is 0 Å². The summed E-state index contributed by atoms with van der Waals surface area (Å²) in [6.45, 7) is 4.50. The molecule has 1 heterocycles. The van der Waals surface area contributed by atoms with Gasteiger partial charge in [-0.15, -0.1) is 0 Å². The van der Waals surface area contributed by atoms with Crippen LogP contribution < -0.4 is 5.32 Å². The van der Waals surface area contributed by atoms with Crippen LogP contribution in [-0.4, -0.2) is 36.7 Å². The van der Waals surface area contributed by atoms with Crippen molar-refractivity contribution in [2.75, 3.05) is 19.8 Å². The Hall–Kier alpha value is -1.95. The van der Waals surface area contributed by atoms with Crippen LogP contribution in [0.2, 0.25) is 0 Å². The number of aryl methyl sites for hydroxylation is 2. The maximum atomic E-state index is 13.6. The highest BCUT2D eigenvalue weighted by atomic mass is 19.1. The fourth-order valence-corrected chi connectivity index (χ4v) is 2.99. The Bertz CT molecular complexity index is 586. The van der Waals surface area contributed by atoms with Crippen LogP contribution in [0.25, 0.3) is 0 Å². The van der Waals surface area contributed by atoms with Crippen LogP contribution in [0.5, 0.6) is 0 Å². The van der Waals surface area contributed by atoms with Crippen LogP contribution in [0.1, 0.15) is 40.7 Å². The van der Waals surface area contributed by atoms with E-state index in [4.69, 9.17) is 9.84 Å². The van der Waals surface area contributed by atoms with E-state index in [-0.39, 0.29) is 24.7 Å². The molecule has 1 fully saturated rings. The van der Waals surface area contributed by atoms with Crippen molar-refractivity contribution < 1.29 is 23.8 Å². The molecule has 0 atom stereocenters. The standard InChI is InChI=1S/C17H22FNO4/c1-11-7-13(8-12(2)15(11)18)16(22)19-10-17(9-14(20)21)3-5-23-6-4-17/h7-8H,3-6,9-10H2,1-2H3,(H,19,22)(H,20,21). The van der Waals surface area contributed by atoms with Crippen molar-refractivity contribution >= 4 is 11.9 Å². The van der Waals surface area contributed by atoms with Gasteiger partial charge in [-0.3, -0.25) is 9.59 Å². The number of ether oxygens (including phenoxy) is 1. The fraction of sp³-hybridized carbons (Fsp3) is 0.529. The van der Waals surface area contributed by atoms with Crippen molar-refractivity contribution in [3.05, 3.63) is 34.6 Å². The molecule has 0 aromatic heterocycles. The molecular formula is C17H22FNO4. The monoisotopic (exact) mass is 323 g/mol. The van der Waals surface area contributed by atoms with Gasteiger partial charge in [-0.2, -0.15) is 0 Å². The molecule has 0 spiro atoms. The van der Waals surface area contributed by atoms with Gasteiger partial charge >= 0.3 is 5.97 Å². The van der Waals surface area contributed by atoms with E-state index in [9.17, 15) is 14.0 Å². The summed E-state index contributed by atoms with van der Waals surface area (Å²) in [5, 5.41) is 11.9. The van der Waals surface area contributed by atoms with Crippen LogP contribution in [-0.2, 0) is 9.53 Å². The number of carboxylic acids is 1. The lowest BCUT2D eigenvalue weighted by molar-refractivity contribution is -0.141. The normalized spacial score (nSPS) is 16.8. The number of hydrogen-bond donors (Lipinski definition) is 2. The highest BCUT2D eigenvalue weighted by Crippen LogP contribution is 2.33. The lowest BCUT2D eigenvalue weighted by Crippen LogP contribution is -2.42. The Labute approximate surface area is 134 Å². The molecule has 1 aliphatic heterocycles. The SMILES string of the molecule is Cc1cc(C(=O)NCC2(CC(=O)O)CCOCC2)cc(C)c1F. The highest BCUT2D eigenvalue weighted by Gasteiger charge is 2.35. The van der Waals surface area contributed by atoms with Gasteiger partial charge in [-0.25, -0.2) is 4.39 Å². The van der Waals surface area contributed by atoms with Crippen molar-refractivity contribution in [3.63, 3.8) is 0 Å².